The van der Waals surface area contributed by atoms with Crippen LogP contribution in [0.2, 0.25) is 5.02 Å². The number of carbonyl (C=O) groups excluding carboxylic acids is 1. The quantitative estimate of drug-likeness (QED) is 0.862. The molecule has 0 aliphatic carbocycles. The standard InChI is InChI=1S/C13H12ClNO3/c1-7-12(13(17)18)10(6-11(16)15-7)8-3-2-4-9(14)5-8/h2-5,10H,6H2,1H3,(H,15,16)(H,17,18). The molecule has 1 heterocycles. The van der Waals surface area contributed by atoms with Gasteiger partial charge < -0.3 is 10.4 Å². The van der Waals surface area contributed by atoms with E-state index in [1.807, 2.05) is 0 Å². The molecule has 94 valence electrons. The topological polar surface area (TPSA) is 66.4 Å². The zero-order valence-corrected chi connectivity index (χ0v) is 10.5. The van der Waals surface area contributed by atoms with Crippen LogP contribution in [0.25, 0.3) is 0 Å². The van der Waals surface area contributed by atoms with E-state index in [4.69, 9.17) is 11.6 Å². The number of nitrogens with one attached hydrogen (secondary N) is 1. The van der Waals surface area contributed by atoms with Gasteiger partial charge in [-0.1, -0.05) is 23.7 Å². The van der Waals surface area contributed by atoms with Crippen LogP contribution >= 0.6 is 11.6 Å². The molecule has 4 nitrogen and oxygen atoms in total. The van der Waals surface area contributed by atoms with Crippen molar-refractivity contribution >= 4 is 23.5 Å². The Labute approximate surface area is 109 Å². The summed E-state index contributed by atoms with van der Waals surface area (Å²) in [4.78, 5) is 22.8. The summed E-state index contributed by atoms with van der Waals surface area (Å²) in [6, 6.07) is 6.94. The zero-order valence-electron chi connectivity index (χ0n) is 9.74. The monoisotopic (exact) mass is 265 g/mol. The second-order valence-electron chi connectivity index (χ2n) is 4.20. The fourth-order valence-corrected chi connectivity index (χ4v) is 2.39. The van der Waals surface area contributed by atoms with Gasteiger partial charge in [-0.05, 0) is 24.6 Å². The minimum atomic E-state index is -1.02. The zero-order chi connectivity index (χ0) is 13.3. The molecule has 1 unspecified atom stereocenters. The van der Waals surface area contributed by atoms with Crippen LogP contribution in [0.1, 0.15) is 24.8 Å². The Hall–Kier alpha value is -1.81. The molecule has 0 saturated carbocycles. The van der Waals surface area contributed by atoms with Gasteiger partial charge in [0.2, 0.25) is 5.91 Å². The van der Waals surface area contributed by atoms with Crippen LogP contribution in [0.4, 0.5) is 0 Å². The largest absolute Gasteiger partial charge is 0.478 e. The minimum absolute atomic E-state index is 0.124. The molecule has 1 aliphatic heterocycles. The molecule has 2 N–H and O–H groups in total. The Kier molecular flexibility index (Phi) is 3.39. The number of allylic oxidation sites excluding steroid dienone is 1. The molecule has 0 saturated heterocycles. The van der Waals surface area contributed by atoms with Crippen LogP contribution in [0.3, 0.4) is 0 Å². The Morgan fingerprint density at radius 1 is 1.50 bits per heavy atom. The van der Waals surface area contributed by atoms with Gasteiger partial charge in [-0.15, -0.1) is 0 Å². The van der Waals surface area contributed by atoms with Gasteiger partial charge in [-0.25, -0.2) is 4.79 Å². The molecule has 1 atom stereocenters. The first-order valence-electron chi connectivity index (χ1n) is 5.48. The summed E-state index contributed by atoms with van der Waals surface area (Å²) in [5, 5.41) is 12.3. The highest BCUT2D eigenvalue weighted by Crippen LogP contribution is 2.33. The Balaban J connectivity index is 2.50. The number of benzene rings is 1. The number of carbonyl (C=O) groups is 2. The second-order valence-corrected chi connectivity index (χ2v) is 4.64. The number of carboxylic acid groups (broad SMARTS) is 1. The van der Waals surface area contributed by atoms with Gasteiger partial charge in [0.15, 0.2) is 0 Å². The fraction of sp³-hybridized carbons (Fsp3) is 0.231. The van der Waals surface area contributed by atoms with Gasteiger partial charge >= 0.3 is 5.97 Å². The predicted molar refractivity (Wildman–Crippen MR) is 67.3 cm³/mol. The second kappa shape index (κ2) is 4.82. The number of hydrogen-bond acceptors (Lipinski definition) is 2. The van der Waals surface area contributed by atoms with Crippen LogP contribution in [-0.4, -0.2) is 17.0 Å². The number of amides is 1. The SMILES string of the molecule is CC1=C(C(=O)O)C(c2cccc(Cl)c2)CC(=O)N1. The lowest BCUT2D eigenvalue weighted by atomic mass is 9.84. The van der Waals surface area contributed by atoms with Crippen molar-refractivity contribution < 1.29 is 14.7 Å². The maximum absolute atomic E-state index is 11.5. The molecule has 18 heavy (non-hydrogen) atoms. The molecule has 0 spiro atoms. The highest BCUT2D eigenvalue weighted by molar-refractivity contribution is 6.30. The molecule has 0 aromatic heterocycles. The third-order valence-electron chi connectivity index (χ3n) is 2.95. The molecule has 2 rings (SSSR count). The maximum atomic E-state index is 11.5. The van der Waals surface area contributed by atoms with E-state index in [1.165, 1.54) is 0 Å². The van der Waals surface area contributed by atoms with Crippen LogP contribution in [-0.2, 0) is 9.59 Å². The summed E-state index contributed by atoms with van der Waals surface area (Å²) in [6.45, 7) is 1.60. The van der Waals surface area contributed by atoms with Crippen molar-refractivity contribution in [1.82, 2.24) is 5.32 Å². The van der Waals surface area contributed by atoms with Gasteiger partial charge in [0.05, 0.1) is 5.57 Å². The van der Waals surface area contributed by atoms with E-state index in [1.54, 1.807) is 31.2 Å². The summed E-state index contributed by atoms with van der Waals surface area (Å²) in [5.74, 6) is -1.64. The van der Waals surface area contributed by atoms with Crippen LogP contribution < -0.4 is 5.32 Å². The van der Waals surface area contributed by atoms with Crippen molar-refractivity contribution in [2.45, 2.75) is 19.3 Å². The lowest BCUT2D eigenvalue weighted by Gasteiger charge is -2.25. The number of halogens is 1. The molecule has 0 radical (unpaired) electrons. The average molecular weight is 266 g/mol. The van der Waals surface area contributed by atoms with Gasteiger partial charge in [0.25, 0.3) is 0 Å². The van der Waals surface area contributed by atoms with Gasteiger partial charge in [-0.2, -0.15) is 0 Å². The van der Waals surface area contributed by atoms with Gasteiger partial charge in [0, 0.05) is 23.1 Å². The van der Waals surface area contributed by atoms with E-state index >= 15 is 0 Å². The number of carboxylic acids is 1. The smallest absolute Gasteiger partial charge is 0.333 e. The molecule has 1 aromatic rings. The lowest BCUT2D eigenvalue weighted by molar-refractivity contribution is -0.133. The van der Waals surface area contributed by atoms with Crippen LogP contribution in [0, 0.1) is 0 Å². The van der Waals surface area contributed by atoms with Crippen molar-refractivity contribution in [3.63, 3.8) is 0 Å². The molecule has 5 heteroatoms. The summed E-state index contributed by atoms with van der Waals surface area (Å²) in [5.41, 5.74) is 1.36. The lowest BCUT2D eigenvalue weighted by Crippen LogP contribution is -2.33. The fourth-order valence-electron chi connectivity index (χ4n) is 2.19. The van der Waals surface area contributed by atoms with Crippen molar-refractivity contribution in [3.8, 4) is 0 Å². The third kappa shape index (κ3) is 2.38. The first-order chi connectivity index (χ1) is 8.49. The molecule has 0 fully saturated rings. The van der Waals surface area contributed by atoms with Crippen molar-refractivity contribution in [2.75, 3.05) is 0 Å². The van der Waals surface area contributed by atoms with Crippen molar-refractivity contribution in [1.29, 1.82) is 0 Å². The van der Waals surface area contributed by atoms with Gasteiger partial charge in [-0.3, -0.25) is 4.79 Å². The molecule has 1 amide bonds. The molecule has 1 aliphatic rings. The van der Waals surface area contributed by atoms with E-state index in [-0.39, 0.29) is 17.9 Å². The third-order valence-corrected chi connectivity index (χ3v) is 3.19. The predicted octanol–water partition coefficient (Wildman–Crippen LogP) is 2.30. The average Bonchev–Trinajstić information content (AvgIpc) is 2.27. The molecule has 1 aromatic carbocycles. The Morgan fingerprint density at radius 2 is 2.22 bits per heavy atom. The van der Waals surface area contributed by atoms with Crippen LogP contribution in [0.15, 0.2) is 35.5 Å². The van der Waals surface area contributed by atoms with E-state index in [0.29, 0.717) is 10.7 Å². The van der Waals surface area contributed by atoms with Crippen LogP contribution in [0.5, 0.6) is 0 Å². The van der Waals surface area contributed by atoms with E-state index in [9.17, 15) is 14.7 Å². The van der Waals surface area contributed by atoms with Gasteiger partial charge in [0.1, 0.15) is 0 Å². The number of rotatable bonds is 2. The number of aliphatic carboxylic acids is 1. The van der Waals surface area contributed by atoms with Crippen molar-refractivity contribution in [3.05, 3.63) is 46.1 Å². The Bertz CT molecular complexity index is 551. The summed E-state index contributed by atoms with van der Waals surface area (Å²) in [7, 11) is 0. The van der Waals surface area contributed by atoms with Crippen molar-refractivity contribution in [2.24, 2.45) is 0 Å². The summed E-state index contributed by atoms with van der Waals surface area (Å²) < 4.78 is 0. The van der Waals surface area contributed by atoms with E-state index in [2.05, 4.69) is 5.32 Å². The molecular weight excluding hydrogens is 254 g/mol. The first-order valence-corrected chi connectivity index (χ1v) is 5.86. The summed E-state index contributed by atoms with van der Waals surface area (Å²) >= 11 is 5.90. The van der Waals surface area contributed by atoms with E-state index in [0.717, 1.165) is 5.56 Å². The number of hydrogen-bond donors (Lipinski definition) is 2. The normalized spacial score (nSPS) is 19.7. The first kappa shape index (κ1) is 12.6. The Morgan fingerprint density at radius 3 is 2.83 bits per heavy atom. The molecular formula is C13H12ClNO3. The molecule has 0 bridgehead atoms. The minimum Gasteiger partial charge on any atom is -0.478 e. The summed E-state index contributed by atoms with van der Waals surface area (Å²) in [6.07, 6.45) is 0.124. The maximum Gasteiger partial charge on any atom is 0.333 e. The highest BCUT2D eigenvalue weighted by Gasteiger charge is 2.31. The highest BCUT2D eigenvalue weighted by atomic mass is 35.5. The van der Waals surface area contributed by atoms with E-state index < -0.39 is 11.9 Å².